The minimum Gasteiger partial charge on any atom is -0.398 e. The van der Waals surface area contributed by atoms with Crippen molar-refractivity contribution in [3.05, 3.63) is 42.2 Å². The highest BCUT2D eigenvalue weighted by Crippen LogP contribution is 2.29. The lowest BCUT2D eigenvalue weighted by molar-refractivity contribution is 0.328. The SMILES string of the molecule is Nc1ccccc1SCc1ccn(C2CCCCC2)n1. The Morgan fingerprint density at radius 1 is 1.15 bits per heavy atom. The van der Waals surface area contributed by atoms with Crippen LogP contribution in [0.25, 0.3) is 0 Å². The van der Waals surface area contributed by atoms with E-state index in [1.165, 1.54) is 32.1 Å². The van der Waals surface area contributed by atoms with E-state index < -0.39 is 0 Å². The molecule has 0 aliphatic heterocycles. The van der Waals surface area contributed by atoms with Crippen LogP contribution in [0.2, 0.25) is 0 Å². The number of hydrogen-bond donors (Lipinski definition) is 1. The highest BCUT2D eigenvalue weighted by Gasteiger charge is 2.16. The molecule has 2 aromatic rings. The van der Waals surface area contributed by atoms with Crippen LogP contribution >= 0.6 is 11.8 Å². The summed E-state index contributed by atoms with van der Waals surface area (Å²) in [6, 6.07) is 10.8. The minimum absolute atomic E-state index is 0.615. The largest absolute Gasteiger partial charge is 0.398 e. The topological polar surface area (TPSA) is 43.8 Å². The van der Waals surface area contributed by atoms with Gasteiger partial charge in [-0.15, -0.1) is 11.8 Å². The van der Waals surface area contributed by atoms with Gasteiger partial charge in [0.25, 0.3) is 0 Å². The first-order chi connectivity index (χ1) is 9.83. The van der Waals surface area contributed by atoms with Crippen molar-refractivity contribution >= 4 is 17.4 Å². The summed E-state index contributed by atoms with van der Waals surface area (Å²) in [7, 11) is 0. The van der Waals surface area contributed by atoms with Crippen molar-refractivity contribution in [3.8, 4) is 0 Å². The molecule has 0 unspecified atom stereocenters. The van der Waals surface area contributed by atoms with Crippen LogP contribution in [0.4, 0.5) is 5.69 Å². The molecular formula is C16H21N3S. The Morgan fingerprint density at radius 3 is 2.75 bits per heavy atom. The van der Waals surface area contributed by atoms with E-state index in [1.807, 2.05) is 18.2 Å². The Kier molecular flexibility index (Phi) is 4.31. The molecule has 1 aliphatic rings. The summed E-state index contributed by atoms with van der Waals surface area (Å²) in [6.45, 7) is 0. The van der Waals surface area contributed by atoms with Crippen LogP contribution < -0.4 is 5.73 Å². The zero-order valence-corrected chi connectivity index (χ0v) is 12.5. The van der Waals surface area contributed by atoms with Gasteiger partial charge in [-0.25, -0.2) is 0 Å². The van der Waals surface area contributed by atoms with E-state index in [0.717, 1.165) is 22.0 Å². The van der Waals surface area contributed by atoms with E-state index in [9.17, 15) is 0 Å². The molecule has 0 saturated heterocycles. The van der Waals surface area contributed by atoms with Gasteiger partial charge in [-0.1, -0.05) is 31.4 Å². The maximum absolute atomic E-state index is 5.96. The van der Waals surface area contributed by atoms with Gasteiger partial charge < -0.3 is 5.73 Å². The Labute approximate surface area is 124 Å². The molecule has 1 fully saturated rings. The number of nitrogens with two attached hydrogens (primary N) is 1. The van der Waals surface area contributed by atoms with Gasteiger partial charge in [0, 0.05) is 22.5 Å². The summed E-state index contributed by atoms with van der Waals surface area (Å²) in [5.74, 6) is 0.883. The number of nitrogens with zero attached hydrogens (tertiary/aromatic N) is 2. The third-order valence-corrected chi connectivity index (χ3v) is 5.03. The Bertz CT molecular complexity index is 558. The molecule has 1 aromatic heterocycles. The summed E-state index contributed by atoms with van der Waals surface area (Å²) in [6.07, 6.45) is 8.76. The van der Waals surface area contributed by atoms with Crippen molar-refractivity contribution in [2.45, 2.75) is 48.8 Å². The van der Waals surface area contributed by atoms with Gasteiger partial charge in [0.1, 0.15) is 0 Å². The smallest absolute Gasteiger partial charge is 0.0727 e. The van der Waals surface area contributed by atoms with Crippen LogP contribution in [-0.4, -0.2) is 9.78 Å². The average molecular weight is 287 g/mol. The van der Waals surface area contributed by atoms with Crippen LogP contribution in [0.1, 0.15) is 43.8 Å². The number of thioether (sulfide) groups is 1. The number of nitrogen functional groups attached to an aromatic ring is 1. The molecule has 4 heteroatoms. The molecular weight excluding hydrogens is 266 g/mol. The van der Waals surface area contributed by atoms with E-state index in [1.54, 1.807) is 11.8 Å². The molecule has 1 saturated carbocycles. The lowest BCUT2D eigenvalue weighted by Gasteiger charge is -2.21. The monoisotopic (exact) mass is 287 g/mol. The molecule has 3 nitrogen and oxygen atoms in total. The van der Waals surface area contributed by atoms with Crippen LogP contribution in [0.5, 0.6) is 0 Å². The zero-order chi connectivity index (χ0) is 13.8. The van der Waals surface area contributed by atoms with Crippen molar-refractivity contribution in [2.24, 2.45) is 0 Å². The number of aromatic nitrogens is 2. The van der Waals surface area contributed by atoms with Crippen LogP contribution in [0.3, 0.4) is 0 Å². The fourth-order valence-corrected chi connectivity index (χ4v) is 3.63. The second-order valence-electron chi connectivity index (χ2n) is 5.41. The minimum atomic E-state index is 0.615. The van der Waals surface area contributed by atoms with Gasteiger partial charge >= 0.3 is 0 Å². The first-order valence-corrected chi connectivity index (χ1v) is 8.33. The number of hydrogen-bond acceptors (Lipinski definition) is 3. The van der Waals surface area contributed by atoms with Crippen molar-refractivity contribution in [3.63, 3.8) is 0 Å². The molecule has 0 spiro atoms. The molecule has 2 N–H and O–H groups in total. The fraction of sp³-hybridized carbons (Fsp3) is 0.438. The maximum Gasteiger partial charge on any atom is 0.0727 e. The molecule has 1 aromatic carbocycles. The summed E-state index contributed by atoms with van der Waals surface area (Å²) >= 11 is 1.76. The van der Waals surface area contributed by atoms with E-state index in [-0.39, 0.29) is 0 Å². The predicted octanol–water partition coefficient (Wildman–Crippen LogP) is 4.26. The second kappa shape index (κ2) is 6.35. The summed E-state index contributed by atoms with van der Waals surface area (Å²) in [4.78, 5) is 1.14. The van der Waals surface area contributed by atoms with Gasteiger partial charge in [-0.05, 0) is 31.0 Å². The summed E-state index contributed by atoms with van der Waals surface area (Å²) in [5.41, 5.74) is 7.95. The molecule has 0 amide bonds. The number of rotatable bonds is 4. The number of para-hydroxylation sites is 1. The van der Waals surface area contributed by atoms with Crippen molar-refractivity contribution in [1.29, 1.82) is 0 Å². The molecule has 0 bridgehead atoms. The van der Waals surface area contributed by atoms with Crippen LogP contribution in [-0.2, 0) is 5.75 Å². The lowest BCUT2D eigenvalue weighted by atomic mass is 9.96. The molecule has 106 valence electrons. The molecule has 3 rings (SSSR count). The molecule has 1 aliphatic carbocycles. The lowest BCUT2D eigenvalue weighted by Crippen LogP contribution is -2.13. The maximum atomic E-state index is 5.96. The van der Waals surface area contributed by atoms with Gasteiger partial charge in [-0.2, -0.15) is 5.10 Å². The average Bonchev–Trinajstić information content (AvgIpc) is 2.96. The zero-order valence-electron chi connectivity index (χ0n) is 11.7. The van der Waals surface area contributed by atoms with Gasteiger partial charge in [0.05, 0.1) is 11.7 Å². The fourth-order valence-electron chi connectivity index (χ4n) is 2.77. The highest BCUT2D eigenvalue weighted by molar-refractivity contribution is 7.98. The van der Waals surface area contributed by atoms with Crippen molar-refractivity contribution < 1.29 is 0 Å². The van der Waals surface area contributed by atoms with Gasteiger partial charge in [0.2, 0.25) is 0 Å². The standard InChI is InChI=1S/C16H21N3S/c17-15-8-4-5-9-16(15)20-12-13-10-11-19(18-13)14-6-2-1-3-7-14/h4-5,8-11,14H,1-3,6-7,12,17H2. The quantitative estimate of drug-likeness (QED) is 0.675. The molecule has 0 atom stereocenters. The Hall–Kier alpha value is -1.42. The van der Waals surface area contributed by atoms with E-state index in [0.29, 0.717) is 6.04 Å². The van der Waals surface area contributed by atoms with Crippen LogP contribution in [0.15, 0.2) is 41.4 Å². The predicted molar refractivity (Wildman–Crippen MR) is 84.8 cm³/mol. The molecule has 20 heavy (non-hydrogen) atoms. The van der Waals surface area contributed by atoms with E-state index in [2.05, 4.69) is 23.0 Å². The van der Waals surface area contributed by atoms with Crippen molar-refractivity contribution in [1.82, 2.24) is 9.78 Å². The summed E-state index contributed by atoms with van der Waals surface area (Å²) in [5, 5.41) is 4.73. The third kappa shape index (κ3) is 3.18. The first-order valence-electron chi connectivity index (χ1n) is 7.34. The van der Waals surface area contributed by atoms with E-state index in [4.69, 9.17) is 10.8 Å². The molecule has 0 radical (unpaired) electrons. The number of benzene rings is 1. The highest BCUT2D eigenvalue weighted by atomic mass is 32.2. The Morgan fingerprint density at radius 2 is 1.95 bits per heavy atom. The van der Waals surface area contributed by atoms with Crippen LogP contribution in [0, 0.1) is 0 Å². The van der Waals surface area contributed by atoms with E-state index >= 15 is 0 Å². The third-order valence-electron chi connectivity index (χ3n) is 3.91. The first kappa shape index (κ1) is 13.6. The summed E-state index contributed by atoms with van der Waals surface area (Å²) < 4.78 is 2.17. The number of anilines is 1. The Balaban J connectivity index is 1.61. The van der Waals surface area contributed by atoms with Gasteiger partial charge in [0.15, 0.2) is 0 Å². The normalized spacial score (nSPS) is 16.4. The van der Waals surface area contributed by atoms with Crippen molar-refractivity contribution in [2.75, 3.05) is 5.73 Å². The second-order valence-corrected chi connectivity index (χ2v) is 6.42. The molecule has 1 heterocycles. The van der Waals surface area contributed by atoms with Gasteiger partial charge in [-0.3, -0.25) is 4.68 Å².